The molecule has 0 amide bonds. The third-order valence-corrected chi connectivity index (χ3v) is 5.33. The highest BCUT2D eigenvalue weighted by atomic mass is 19.4. The Morgan fingerprint density at radius 3 is 2.42 bits per heavy atom. The van der Waals surface area contributed by atoms with Gasteiger partial charge in [0.1, 0.15) is 5.82 Å². The van der Waals surface area contributed by atoms with E-state index < -0.39 is 12.1 Å². The second kappa shape index (κ2) is 10.6. The number of carbonyl (C=O) groups is 1. The summed E-state index contributed by atoms with van der Waals surface area (Å²) in [6.07, 6.45) is -2.96. The molecule has 2 N–H and O–H groups in total. The molecule has 0 aliphatic carbocycles. The Hall–Kier alpha value is -3.20. The van der Waals surface area contributed by atoms with Crippen LogP contribution in [0, 0.1) is 13.8 Å². The average Bonchev–Trinajstić information content (AvgIpc) is 2.70. The topological polar surface area (TPSA) is 78.4 Å². The highest BCUT2D eigenvalue weighted by Crippen LogP contribution is 2.22. The Kier molecular flexibility index (Phi) is 7.86. The number of nitrogens with one attached hydrogen (secondary N) is 1. The third kappa shape index (κ3) is 6.89. The first kappa shape index (κ1) is 24.4. The van der Waals surface area contributed by atoms with Gasteiger partial charge in [-0.2, -0.15) is 13.2 Å². The van der Waals surface area contributed by atoms with Crippen LogP contribution in [-0.2, 0) is 11.2 Å². The summed E-state index contributed by atoms with van der Waals surface area (Å²) in [7, 11) is 0. The molecular weight excluding hydrogens is 433 g/mol. The summed E-state index contributed by atoms with van der Waals surface area (Å²) in [5.41, 5.74) is 6.71. The SMILES string of the molecule is Cc1cccc(Cc2nc3cccc(C)c3nc2NCCN2CCC2)c1.O=C(O)C(F)(F)F. The highest BCUT2D eigenvalue weighted by Gasteiger charge is 2.38. The normalized spacial score (nSPS) is 13.7. The molecule has 0 atom stereocenters. The number of rotatable bonds is 6. The Bertz CT molecular complexity index is 1110. The first-order valence-electron chi connectivity index (χ1n) is 10.7. The summed E-state index contributed by atoms with van der Waals surface area (Å²) in [5, 5.41) is 10.7. The van der Waals surface area contributed by atoms with Crippen LogP contribution in [0.2, 0.25) is 0 Å². The van der Waals surface area contributed by atoms with Crippen LogP contribution in [0.15, 0.2) is 42.5 Å². The number of alkyl halides is 3. The van der Waals surface area contributed by atoms with Crippen molar-refractivity contribution in [2.24, 2.45) is 0 Å². The Morgan fingerprint density at radius 1 is 1.12 bits per heavy atom. The lowest BCUT2D eigenvalue weighted by Gasteiger charge is -2.30. The maximum Gasteiger partial charge on any atom is 0.490 e. The van der Waals surface area contributed by atoms with Crippen LogP contribution in [0.3, 0.4) is 0 Å². The van der Waals surface area contributed by atoms with Gasteiger partial charge in [0.15, 0.2) is 0 Å². The summed E-state index contributed by atoms with van der Waals surface area (Å²) in [6.45, 7) is 8.65. The number of hydrogen-bond acceptors (Lipinski definition) is 5. The third-order valence-electron chi connectivity index (χ3n) is 5.33. The van der Waals surface area contributed by atoms with Crippen molar-refractivity contribution in [2.45, 2.75) is 32.9 Å². The summed E-state index contributed by atoms with van der Waals surface area (Å²) in [6, 6.07) is 14.8. The average molecular weight is 461 g/mol. The van der Waals surface area contributed by atoms with Gasteiger partial charge in [0.05, 0.1) is 16.7 Å². The first-order valence-corrected chi connectivity index (χ1v) is 10.7. The zero-order chi connectivity index (χ0) is 24.0. The molecule has 9 heteroatoms. The van der Waals surface area contributed by atoms with Gasteiger partial charge in [-0.25, -0.2) is 14.8 Å². The summed E-state index contributed by atoms with van der Waals surface area (Å²) in [4.78, 5) is 21.3. The maximum atomic E-state index is 10.6. The van der Waals surface area contributed by atoms with Crippen molar-refractivity contribution in [1.82, 2.24) is 14.9 Å². The standard InChI is InChI=1S/C22H26N4.C2HF3O2/c1-16-6-3-8-18(14-16)15-20-22(23-10-13-26-11-5-12-26)25-21-17(2)7-4-9-19(21)24-20;3-2(4,5)1(6)7/h3-4,6-9,14H,5,10-13,15H2,1-2H3,(H,23,25);(H,6,7). The fourth-order valence-electron chi connectivity index (χ4n) is 3.47. The number of fused-ring (bicyclic) bond motifs is 1. The van der Waals surface area contributed by atoms with Crippen LogP contribution in [0.1, 0.15) is 28.8 Å². The number of hydrogen-bond donors (Lipinski definition) is 2. The minimum absolute atomic E-state index is 0.796. The van der Waals surface area contributed by atoms with Gasteiger partial charge in [0.2, 0.25) is 0 Å². The molecule has 176 valence electrons. The van der Waals surface area contributed by atoms with E-state index in [9.17, 15) is 13.2 Å². The molecule has 0 spiro atoms. The fraction of sp³-hybridized carbons (Fsp3) is 0.375. The van der Waals surface area contributed by atoms with E-state index >= 15 is 0 Å². The van der Waals surface area contributed by atoms with E-state index in [2.05, 4.69) is 66.5 Å². The Labute approximate surface area is 190 Å². The first-order chi connectivity index (χ1) is 15.6. The summed E-state index contributed by atoms with van der Waals surface area (Å²) < 4.78 is 31.7. The monoisotopic (exact) mass is 460 g/mol. The van der Waals surface area contributed by atoms with Crippen molar-refractivity contribution in [1.29, 1.82) is 0 Å². The molecule has 1 saturated heterocycles. The fourth-order valence-corrected chi connectivity index (χ4v) is 3.47. The number of aromatic nitrogens is 2. The summed E-state index contributed by atoms with van der Waals surface area (Å²) >= 11 is 0. The van der Waals surface area contributed by atoms with Crippen molar-refractivity contribution in [2.75, 3.05) is 31.5 Å². The molecule has 1 fully saturated rings. The number of benzene rings is 2. The zero-order valence-corrected chi connectivity index (χ0v) is 18.6. The van der Waals surface area contributed by atoms with E-state index in [0.29, 0.717) is 0 Å². The van der Waals surface area contributed by atoms with Gasteiger partial charge in [-0.1, -0.05) is 42.0 Å². The van der Waals surface area contributed by atoms with Gasteiger partial charge in [-0.3, -0.25) is 0 Å². The molecule has 1 aliphatic heterocycles. The van der Waals surface area contributed by atoms with Crippen molar-refractivity contribution in [3.8, 4) is 0 Å². The van der Waals surface area contributed by atoms with Crippen LogP contribution >= 0.6 is 0 Å². The predicted molar refractivity (Wildman–Crippen MR) is 121 cm³/mol. The van der Waals surface area contributed by atoms with Gasteiger partial charge in [-0.15, -0.1) is 0 Å². The number of para-hydroxylation sites is 1. The van der Waals surface area contributed by atoms with E-state index in [0.717, 1.165) is 42.1 Å². The summed E-state index contributed by atoms with van der Waals surface area (Å²) in [5.74, 6) is -1.83. The quantitative estimate of drug-likeness (QED) is 0.560. The van der Waals surface area contributed by atoms with Crippen LogP contribution in [0.5, 0.6) is 0 Å². The van der Waals surface area contributed by atoms with E-state index in [1.165, 1.54) is 36.2 Å². The number of carboxylic acids is 1. The van der Waals surface area contributed by atoms with Crippen molar-refractivity contribution in [3.63, 3.8) is 0 Å². The molecule has 0 bridgehead atoms. The second-order valence-corrected chi connectivity index (χ2v) is 8.05. The highest BCUT2D eigenvalue weighted by molar-refractivity contribution is 5.79. The minimum Gasteiger partial charge on any atom is -0.475 e. The lowest BCUT2D eigenvalue weighted by Crippen LogP contribution is -2.40. The van der Waals surface area contributed by atoms with Crippen LogP contribution in [0.25, 0.3) is 11.0 Å². The lowest BCUT2D eigenvalue weighted by atomic mass is 10.1. The molecular formula is C24H27F3N4O2. The molecule has 0 radical (unpaired) electrons. The maximum absolute atomic E-state index is 10.6. The number of aryl methyl sites for hydroxylation is 2. The number of halogens is 3. The van der Waals surface area contributed by atoms with Gasteiger partial charge >= 0.3 is 12.1 Å². The van der Waals surface area contributed by atoms with Crippen molar-refractivity contribution < 1.29 is 23.1 Å². The molecule has 6 nitrogen and oxygen atoms in total. The van der Waals surface area contributed by atoms with E-state index in [1.54, 1.807) is 0 Å². The number of carboxylic acid groups (broad SMARTS) is 1. The largest absolute Gasteiger partial charge is 0.490 e. The number of anilines is 1. The molecule has 2 heterocycles. The van der Waals surface area contributed by atoms with Gasteiger partial charge in [-0.05, 0) is 50.6 Å². The second-order valence-electron chi connectivity index (χ2n) is 8.05. The van der Waals surface area contributed by atoms with Gasteiger partial charge in [0.25, 0.3) is 0 Å². The van der Waals surface area contributed by atoms with Crippen molar-refractivity contribution in [3.05, 3.63) is 64.8 Å². The number of nitrogens with zero attached hydrogens (tertiary/aromatic N) is 3. The lowest BCUT2D eigenvalue weighted by molar-refractivity contribution is -0.192. The van der Waals surface area contributed by atoms with Crippen LogP contribution in [-0.4, -0.2) is 58.3 Å². The van der Waals surface area contributed by atoms with Gasteiger partial charge in [0, 0.05) is 19.5 Å². The van der Waals surface area contributed by atoms with Crippen LogP contribution in [0.4, 0.5) is 19.0 Å². The number of likely N-dealkylation sites (tertiary alicyclic amines) is 1. The molecule has 4 rings (SSSR count). The van der Waals surface area contributed by atoms with E-state index in [4.69, 9.17) is 19.9 Å². The Morgan fingerprint density at radius 2 is 1.82 bits per heavy atom. The van der Waals surface area contributed by atoms with Crippen molar-refractivity contribution >= 4 is 22.8 Å². The van der Waals surface area contributed by atoms with Gasteiger partial charge < -0.3 is 15.3 Å². The molecule has 0 unspecified atom stereocenters. The predicted octanol–water partition coefficient (Wildman–Crippen LogP) is 4.59. The molecule has 1 aliphatic rings. The Balaban J connectivity index is 0.000000383. The molecule has 0 saturated carbocycles. The number of aliphatic carboxylic acids is 1. The minimum atomic E-state index is -5.08. The van der Waals surface area contributed by atoms with E-state index in [-0.39, 0.29) is 0 Å². The molecule has 1 aromatic heterocycles. The smallest absolute Gasteiger partial charge is 0.475 e. The molecule has 2 aromatic carbocycles. The molecule has 33 heavy (non-hydrogen) atoms. The zero-order valence-electron chi connectivity index (χ0n) is 18.6. The van der Waals surface area contributed by atoms with Crippen LogP contribution < -0.4 is 5.32 Å². The molecule has 3 aromatic rings. The van der Waals surface area contributed by atoms with E-state index in [1.807, 2.05) is 0 Å².